The molecule has 146 valence electrons. The van der Waals surface area contributed by atoms with E-state index in [0.29, 0.717) is 29.1 Å². The van der Waals surface area contributed by atoms with E-state index in [4.69, 9.17) is 4.74 Å². The summed E-state index contributed by atoms with van der Waals surface area (Å²) >= 11 is 0. The number of hydrogen-bond donors (Lipinski definition) is 0. The summed E-state index contributed by atoms with van der Waals surface area (Å²) in [6, 6.07) is 10.2. The second-order valence-electron chi connectivity index (χ2n) is 6.44. The van der Waals surface area contributed by atoms with Crippen molar-refractivity contribution in [1.82, 2.24) is 24.7 Å². The van der Waals surface area contributed by atoms with E-state index in [0.717, 1.165) is 10.9 Å². The summed E-state index contributed by atoms with van der Waals surface area (Å²) in [7, 11) is 0. The minimum absolute atomic E-state index is 0.212. The molecular formula is C21H18FN5O2. The Hall–Kier alpha value is -3.68. The van der Waals surface area contributed by atoms with Gasteiger partial charge in [-0.25, -0.2) is 19.0 Å². The molecule has 4 aromatic rings. The van der Waals surface area contributed by atoms with Gasteiger partial charge in [-0.05, 0) is 24.6 Å². The van der Waals surface area contributed by atoms with Gasteiger partial charge in [-0.15, -0.1) is 0 Å². The number of benzene rings is 1. The summed E-state index contributed by atoms with van der Waals surface area (Å²) < 4.78 is 21.0. The van der Waals surface area contributed by atoms with Crippen LogP contribution in [0.2, 0.25) is 0 Å². The van der Waals surface area contributed by atoms with Crippen LogP contribution in [0, 0.1) is 5.82 Å². The number of carbonyl (C=O) groups excluding carboxylic acids is 1. The summed E-state index contributed by atoms with van der Waals surface area (Å²) in [5.74, 6) is -0.246. The Labute approximate surface area is 166 Å². The molecule has 8 heteroatoms. The maximum atomic E-state index is 14.1. The van der Waals surface area contributed by atoms with Crippen LogP contribution in [0.25, 0.3) is 22.6 Å². The number of hydrogen-bond acceptors (Lipinski definition) is 6. The Morgan fingerprint density at radius 1 is 1.14 bits per heavy atom. The first-order valence-electron chi connectivity index (χ1n) is 9.16. The van der Waals surface area contributed by atoms with Crippen molar-refractivity contribution >= 4 is 17.0 Å². The van der Waals surface area contributed by atoms with E-state index in [1.54, 1.807) is 41.3 Å². The lowest BCUT2D eigenvalue weighted by Gasteiger charge is -2.07. The predicted molar refractivity (Wildman–Crippen MR) is 105 cm³/mol. The van der Waals surface area contributed by atoms with Crippen LogP contribution in [0.5, 0.6) is 5.88 Å². The molecular weight excluding hydrogens is 373 g/mol. The van der Waals surface area contributed by atoms with E-state index in [1.807, 2.05) is 13.0 Å². The van der Waals surface area contributed by atoms with Gasteiger partial charge in [0.25, 0.3) is 0 Å². The molecule has 1 aromatic carbocycles. The molecule has 0 saturated heterocycles. The lowest BCUT2D eigenvalue weighted by Crippen LogP contribution is -2.08. The molecule has 0 aliphatic heterocycles. The van der Waals surface area contributed by atoms with E-state index in [2.05, 4.69) is 20.1 Å². The van der Waals surface area contributed by atoms with Gasteiger partial charge in [0.05, 0.1) is 11.9 Å². The molecule has 0 N–H and O–H groups in total. The van der Waals surface area contributed by atoms with Crippen LogP contribution in [-0.4, -0.2) is 30.7 Å². The molecule has 3 aromatic heterocycles. The molecule has 0 spiro atoms. The van der Waals surface area contributed by atoms with Gasteiger partial charge in [-0.2, -0.15) is 10.1 Å². The van der Waals surface area contributed by atoms with Crippen LogP contribution < -0.4 is 4.74 Å². The molecule has 0 fully saturated rings. The summed E-state index contributed by atoms with van der Waals surface area (Å²) in [5.41, 5.74) is 2.29. The maximum absolute atomic E-state index is 14.1. The molecule has 0 atom stereocenters. The monoisotopic (exact) mass is 391 g/mol. The Bertz CT molecular complexity index is 1200. The standard InChI is InChI=1S/C21H18FN5O2/c1-3-14-11-24-19(25-21(14)29-13(2)28)18-16-8-6-10-23-20(16)27(26-18)12-15-7-4-5-9-17(15)22/h4-11H,3,12H2,1-2H3. The van der Waals surface area contributed by atoms with Gasteiger partial charge in [-0.3, -0.25) is 4.79 Å². The van der Waals surface area contributed by atoms with Crippen molar-refractivity contribution in [3.63, 3.8) is 0 Å². The predicted octanol–water partition coefficient (Wildman–Crippen LogP) is 3.56. The van der Waals surface area contributed by atoms with Crippen LogP contribution in [0.15, 0.2) is 48.8 Å². The fourth-order valence-electron chi connectivity index (χ4n) is 3.05. The number of rotatable bonds is 5. The minimum atomic E-state index is -0.457. The van der Waals surface area contributed by atoms with Crippen molar-refractivity contribution in [2.75, 3.05) is 0 Å². The van der Waals surface area contributed by atoms with Crippen LogP contribution >= 0.6 is 0 Å². The average Bonchev–Trinajstić information content (AvgIpc) is 3.08. The van der Waals surface area contributed by atoms with Crippen molar-refractivity contribution in [2.24, 2.45) is 0 Å². The molecule has 0 aliphatic carbocycles. The summed E-state index contributed by atoms with van der Waals surface area (Å²) in [6.45, 7) is 3.46. The fourth-order valence-corrected chi connectivity index (χ4v) is 3.05. The number of carbonyl (C=O) groups is 1. The molecule has 7 nitrogen and oxygen atoms in total. The third kappa shape index (κ3) is 3.69. The van der Waals surface area contributed by atoms with Crippen LogP contribution in [0.3, 0.4) is 0 Å². The zero-order chi connectivity index (χ0) is 20.4. The highest BCUT2D eigenvalue weighted by Crippen LogP contribution is 2.27. The molecule has 0 radical (unpaired) electrons. The second kappa shape index (κ2) is 7.75. The zero-order valence-corrected chi connectivity index (χ0v) is 16.0. The van der Waals surface area contributed by atoms with Crippen molar-refractivity contribution in [1.29, 1.82) is 0 Å². The number of pyridine rings is 1. The Morgan fingerprint density at radius 2 is 1.97 bits per heavy atom. The lowest BCUT2D eigenvalue weighted by molar-refractivity contribution is -0.132. The van der Waals surface area contributed by atoms with Gasteiger partial charge >= 0.3 is 5.97 Å². The van der Waals surface area contributed by atoms with Gasteiger partial charge in [-0.1, -0.05) is 25.1 Å². The highest BCUT2D eigenvalue weighted by Gasteiger charge is 2.18. The molecule has 4 rings (SSSR count). The summed E-state index contributed by atoms with van der Waals surface area (Å²) in [4.78, 5) is 24.6. The summed E-state index contributed by atoms with van der Waals surface area (Å²) in [5, 5.41) is 5.32. The highest BCUT2D eigenvalue weighted by atomic mass is 19.1. The van der Waals surface area contributed by atoms with Crippen molar-refractivity contribution in [3.8, 4) is 17.4 Å². The van der Waals surface area contributed by atoms with E-state index in [1.165, 1.54) is 13.0 Å². The SMILES string of the molecule is CCc1cnc(-c2nn(Cc3ccccc3F)c3ncccc23)nc1OC(C)=O. The Kier molecular flexibility index (Phi) is 4.99. The van der Waals surface area contributed by atoms with Gasteiger partial charge in [0.2, 0.25) is 5.88 Å². The van der Waals surface area contributed by atoms with E-state index < -0.39 is 5.97 Å². The van der Waals surface area contributed by atoms with Gasteiger partial charge in [0, 0.05) is 30.4 Å². The lowest BCUT2D eigenvalue weighted by atomic mass is 10.2. The molecule has 3 heterocycles. The first kappa shape index (κ1) is 18.7. The molecule has 0 unspecified atom stereocenters. The minimum Gasteiger partial charge on any atom is -0.407 e. The summed E-state index contributed by atoms with van der Waals surface area (Å²) in [6.07, 6.45) is 3.89. The fraction of sp³-hybridized carbons (Fsp3) is 0.190. The third-order valence-electron chi connectivity index (χ3n) is 4.44. The van der Waals surface area contributed by atoms with Crippen LogP contribution in [0.4, 0.5) is 4.39 Å². The first-order valence-corrected chi connectivity index (χ1v) is 9.16. The quantitative estimate of drug-likeness (QED) is 0.484. The van der Waals surface area contributed by atoms with Gasteiger partial charge < -0.3 is 4.74 Å². The number of nitrogens with zero attached hydrogens (tertiary/aromatic N) is 5. The topological polar surface area (TPSA) is 82.8 Å². The van der Waals surface area contributed by atoms with E-state index in [9.17, 15) is 9.18 Å². The number of esters is 1. The van der Waals surface area contributed by atoms with Gasteiger partial charge in [0.1, 0.15) is 11.5 Å². The average molecular weight is 391 g/mol. The normalized spacial score (nSPS) is 11.0. The molecule has 0 saturated carbocycles. The van der Waals surface area contributed by atoms with Gasteiger partial charge in [0.15, 0.2) is 11.5 Å². The molecule has 0 aliphatic rings. The Morgan fingerprint density at radius 3 is 2.72 bits per heavy atom. The van der Waals surface area contributed by atoms with Crippen LogP contribution in [-0.2, 0) is 17.8 Å². The Balaban J connectivity index is 1.83. The van der Waals surface area contributed by atoms with Crippen molar-refractivity contribution < 1.29 is 13.9 Å². The molecule has 0 bridgehead atoms. The maximum Gasteiger partial charge on any atom is 0.309 e. The third-order valence-corrected chi connectivity index (χ3v) is 4.44. The highest BCUT2D eigenvalue weighted by molar-refractivity contribution is 5.89. The number of fused-ring (bicyclic) bond motifs is 1. The van der Waals surface area contributed by atoms with Crippen molar-refractivity contribution in [2.45, 2.75) is 26.8 Å². The largest absolute Gasteiger partial charge is 0.407 e. The van der Waals surface area contributed by atoms with E-state index in [-0.39, 0.29) is 18.2 Å². The smallest absolute Gasteiger partial charge is 0.309 e. The second-order valence-corrected chi connectivity index (χ2v) is 6.44. The number of ether oxygens (including phenoxy) is 1. The molecule has 29 heavy (non-hydrogen) atoms. The number of aryl methyl sites for hydroxylation is 1. The first-order chi connectivity index (χ1) is 14.1. The molecule has 0 amide bonds. The number of aromatic nitrogens is 5. The van der Waals surface area contributed by atoms with E-state index >= 15 is 0 Å². The van der Waals surface area contributed by atoms with Crippen molar-refractivity contribution in [3.05, 3.63) is 65.7 Å². The van der Waals surface area contributed by atoms with Crippen LogP contribution in [0.1, 0.15) is 25.0 Å². The zero-order valence-electron chi connectivity index (χ0n) is 16.0. The number of halogens is 1.